The van der Waals surface area contributed by atoms with Gasteiger partial charge < -0.3 is 9.47 Å². The number of hydrogen-bond acceptors (Lipinski definition) is 7. The summed E-state index contributed by atoms with van der Waals surface area (Å²) in [5, 5.41) is 5.59. The van der Waals surface area contributed by atoms with Crippen molar-refractivity contribution in [3.8, 4) is 0 Å². The zero-order valence-corrected chi connectivity index (χ0v) is 18.6. The van der Waals surface area contributed by atoms with Crippen LogP contribution in [0, 0.1) is 0 Å². The van der Waals surface area contributed by atoms with E-state index in [2.05, 4.69) is 10.2 Å². The molecule has 32 heavy (non-hydrogen) atoms. The van der Waals surface area contributed by atoms with E-state index in [0.29, 0.717) is 6.07 Å². The third-order valence-corrected chi connectivity index (χ3v) is 10.4. The van der Waals surface area contributed by atoms with Gasteiger partial charge in [0, 0.05) is 12.7 Å². The fraction of sp³-hybridized carbons (Fsp3) is 0.526. The molecule has 0 bridgehead atoms. The first-order valence-electron chi connectivity index (χ1n) is 9.75. The molecule has 2 saturated heterocycles. The lowest BCUT2D eigenvalue weighted by Gasteiger charge is -2.37. The molecule has 2 aliphatic rings. The number of H-pyrrole nitrogens is 1. The Kier molecular flexibility index (Phi) is 5.67. The fourth-order valence-corrected chi connectivity index (χ4v) is 6.92. The van der Waals surface area contributed by atoms with Crippen LogP contribution in [0.25, 0.3) is 0 Å². The molecule has 176 valence electrons. The molecule has 3 heterocycles. The van der Waals surface area contributed by atoms with Crippen LogP contribution in [0.2, 0.25) is 0 Å². The molecule has 0 saturated carbocycles. The second-order valence-corrected chi connectivity index (χ2v) is 12.8. The first-order valence-corrected chi connectivity index (χ1v) is 12.8. The third kappa shape index (κ3) is 3.95. The Morgan fingerprint density at radius 2 is 1.88 bits per heavy atom. The van der Waals surface area contributed by atoms with Crippen LogP contribution in [0.3, 0.4) is 0 Å². The Bertz CT molecular complexity index is 1220. The molecule has 2 atom stereocenters. The van der Waals surface area contributed by atoms with Gasteiger partial charge in [-0.05, 0) is 38.0 Å². The number of nitrogens with one attached hydrogen (secondary N) is 1. The number of benzene rings is 1. The molecular weight excluding hydrogens is 473 g/mol. The van der Waals surface area contributed by atoms with Crippen molar-refractivity contribution in [3.05, 3.63) is 41.6 Å². The highest BCUT2D eigenvalue weighted by molar-refractivity contribution is 7.93. The van der Waals surface area contributed by atoms with Crippen LogP contribution in [-0.2, 0) is 35.3 Å². The Labute approximate surface area is 182 Å². The van der Waals surface area contributed by atoms with Crippen molar-refractivity contribution >= 4 is 19.7 Å². The summed E-state index contributed by atoms with van der Waals surface area (Å²) in [5.41, 5.74) is -0.761. The molecule has 1 N–H and O–H groups in total. The minimum absolute atomic E-state index is 0.0247. The maximum Gasteiger partial charge on any atom is 0.416 e. The summed E-state index contributed by atoms with van der Waals surface area (Å²) < 4.78 is 100. The smallest absolute Gasteiger partial charge is 0.379 e. The fourth-order valence-electron chi connectivity index (χ4n) is 3.73. The number of sulfone groups is 2. The topological polar surface area (TPSA) is 115 Å². The van der Waals surface area contributed by atoms with E-state index >= 15 is 0 Å². The Morgan fingerprint density at radius 3 is 2.50 bits per heavy atom. The molecule has 0 aliphatic carbocycles. The first-order chi connectivity index (χ1) is 14.8. The summed E-state index contributed by atoms with van der Waals surface area (Å²) in [7, 11) is -7.85. The predicted molar refractivity (Wildman–Crippen MR) is 105 cm³/mol. The van der Waals surface area contributed by atoms with Gasteiger partial charge in [-0.25, -0.2) is 16.8 Å². The average Bonchev–Trinajstić information content (AvgIpc) is 3.17. The van der Waals surface area contributed by atoms with Crippen LogP contribution in [-0.4, -0.2) is 56.9 Å². The summed E-state index contributed by atoms with van der Waals surface area (Å²) in [6, 6.07) is 4.95. The maximum absolute atomic E-state index is 13.3. The van der Waals surface area contributed by atoms with Crippen LogP contribution in [0.1, 0.15) is 37.1 Å². The van der Waals surface area contributed by atoms with E-state index in [0.717, 1.165) is 18.2 Å². The summed E-state index contributed by atoms with van der Waals surface area (Å²) in [6.07, 6.45) is -5.50. The molecule has 1 aromatic carbocycles. The zero-order chi connectivity index (χ0) is 23.4. The van der Waals surface area contributed by atoms with Gasteiger partial charge in [0.05, 0.1) is 34.1 Å². The molecule has 0 amide bonds. The summed E-state index contributed by atoms with van der Waals surface area (Å²) in [5.74, 6) is 0. The second kappa shape index (κ2) is 7.82. The standard InChI is InChI=1S/C19H21F3N2O6S2/c1-18(32(27,28)13-4-2-3-12(7-13)19(20,21)22)5-6-30-16(9-18)15-8-17(24-23-15)31(25,26)14-10-29-11-14/h2-4,7-8,14,16H,5-6,9-11H2,1H3,(H,23,24). The largest absolute Gasteiger partial charge is 0.416 e. The molecular formula is C19H21F3N2O6S2. The third-order valence-electron chi connectivity index (χ3n) is 5.95. The number of ether oxygens (including phenoxy) is 2. The zero-order valence-electron chi connectivity index (χ0n) is 16.9. The number of hydrogen-bond donors (Lipinski definition) is 1. The quantitative estimate of drug-likeness (QED) is 0.680. The SMILES string of the molecule is CC1(S(=O)(=O)c2cccc(C(F)(F)F)c2)CCOC(c2cc(S(=O)(=O)C3COC3)n[nH]2)C1. The van der Waals surface area contributed by atoms with Crippen molar-refractivity contribution in [1.29, 1.82) is 0 Å². The molecule has 8 nitrogen and oxygen atoms in total. The number of nitrogens with zero attached hydrogens (tertiary/aromatic N) is 1. The van der Waals surface area contributed by atoms with Gasteiger partial charge in [-0.15, -0.1) is 0 Å². The lowest BCUT2D eigenvalue weighted by atomic mass is 9.95. The van der Waals surface area contributed by atoms with Gasteiger partial charge in [-0.3, -0.25) is 5.10 Å². The van der Waals surface area contributed by atoms with E-state index < -0.39 is 52.4 Å². The monoisotopic (exact) mass is 494 g/mol. The minimum atomic E-state index is -4.67. The van der Waals surface area contributed by atoms with Crippen molar-refractivity contribution in [2.75, 3.05) is 19.8 Å². The Balaban J connectivity index is 1.61. The molecule has 2 aromatic rings. The maximum atomic E-state index is 13.3. The van der Waals surface area contributed by atoms with Crippen molar-refractivity contribution in [2.45, 2.75) is 52.0 Å². The minimum Gasteiger partial charge on any atom is -0.379 e. The molecule has 4 rings (SSSR count). The van der Waals surface area contributed by atoms with E-state index in [1.807, 2.05) is 0 Å². The second-order valence-electron chi connectivity index (χ2n) is 8.16. The van der Waals surface area contributed by atoms with Crippen LogP contribution < -0.4 is 0 Å². The highest BCUT2D eigenvalue weighted by atomic mass is 32.2. The number of aromatic nitrogens is 2. The molecule has 0 spiro atoms. The molecule has 2 unspecified atom stereocenters. The van der Waals surface area contributed by atoms with Gasteiger partial charge in [0.15, 0.2) is 14.9 Å². The number of halogens is 3. The van der Waals surface area contributed by atoms with Crippen LogP contribution >= 0.6 is 0 Å². The van der Waals surface area contributed by atoms with Gasteiger partial charge in [0.1, 0.15) is 11.4 Å². The molecule has 1 aromatic heterocycles. The number of aromatic amines is 1. The van der Waals surface area contributed by atoms with Gasteiger partial charge in [0.2, 0.25) is 9.84 Å². The Hall–Kier alpha value is -1.96. The predicted octanol–water partition coefficient (Wildman–Crippen LogP) is 2.69. The Morgan fingerprint density at radius 1 is 1.16 bits per heavy atom. The average molecular weight is 495 g/mol. The normalized spacial score (nSPS) is 25.4. The van der Waals surface area contributed by atoms with Gasteiger partial charge in [-0.1, -0.05) is 6.07 Å². The van der Waals surface area contributed by atoms with Crippen molar-refractivity contribution in [1.82, 2.24) is 10.2 Å². The van der Waals surface area contributed by atoms with Gasteiger partial charge in [-0.2, -0.15) is 18.3 Å². The molecule has 2 aliphatic heterocycles. The first kappa shape index (κ1) is 23.2. The van der Waals surface area contributed by atoms with Crippen molar-refractivity contribution in [3.63, 3.8) is 0 Å². The van der Waals surface area contributed by atoms with E-state index in [-0.39, 0.29) is 43.4 Å². The molecule has 0 radical (unpaired) electrons. The van der Waals surface area contributed by atoms with Crippen molar-refractivity contribution in [2.24, 2.45) is 0 Å². The summed E-state index contributed by atoms with van der Waals surface area (Å²) >= 11 is 0. The lowest BCUT2D eigenvalue weighted by molar-refractivity contribution is -0.137. The lowest BCUT2D eigenvalue weighted by Crippen LogP contribution is -2.42. The van der Waals surface area contributed by atoms with Gasteiger partial charge in [0.25, 0.3) is 0 Å². The number of alkyl halides is 3. The van der Waals surface area contributed by atoms with Crippen LogP contribution in [0.15, 0.2) is 40.3 Å². The van der Waals surface area contributed by atoms with E-state index in [9.17, 15) is 30.0 Å². The van der Waals surface area contributed by atoms with E-state index in [1.165, 1.54) is 13.0 Å². The van der Waals surface area contributed by atoms with E-state index in [4.69, 9.17) is 9.47 Å². The highest BCUT2D eigenvalue weighted by Gasteiger charge is 2.46. The summed E-state index contributed by atoms with van der Waals surface area (Å²) in [6.45, 7) is 1.64. The number of rotatable bonds is 5. The highest BCUT2D eigenvalue weighted by Crippen LogP contribution is 2.42. The van der Waals surface area contributed by atoms with Crippen LogP contribution in [0.5, 0.6) is 0 Å². The molecule has 13 heteroatoms. The molecule has 2 fully saturated rings. The van der Waals surface area contributed by atoms with Gasteiger partial charge >= 0.3 is 6.18 Å². The van der Waals surface area contributed by atoms with Crippen molar-refractivity contribution < 1.29 is 39.5 Å². The summed E-state index contributed by atoms with van der Waals surface area (Å²) in [4.78, 5) is -0.423. The van der Waals surface area contributed by atoms with E-state index in [1.54, 1.807) is 0 Å². The van der Waals surface area contributed by atoms with Crippen LogP contribution in [0.4, 0.5) is 13.2 Å².